The zero-order valence-corrected chi connectivity index (χ0v) is 20.3. The standard InChI is InChI=1S/C27H23ClN4O5/c28-22-13-19(17-3-5-18(6-4-17)25(35)27(36)30-9-10-33)11-20-12-21(37-26(20)22)15-32-24(34)8-2-16-1-7-23(29)31-14-16/h1-8,11-14,33H,9-10,15H2,(H2,29,31)(H,30,36)(H,32,34)/b8-2+. The average Bonchev–Trinajstić information content (AvgIpc) is 3.33. The fraction of sp³-hybridized carbons (Fsp3) is 0.111. The summed E-state index contributed by atoms with van der Waals surface area (Å²) in [6.07, 6.45) is 4.59. The van der Waals surface area contributed by atoms with Crippen molar-refractivity contribution in [2.75, 3.05) is 18.9 Å². The molecule has 0 unspecified atom stereocenters. The maximum atomic E-state index is 12.2. The number of benzene rings is 2. The number of Topliss-reactive ketones (excluding diaryl/α,β-unsaturated/α-hetero) is 1. The maximum absolute atomic E-state index is 12.2. The normalized spacial score (nSPS) is 11.1. The topological polar surface area (TPSA) is 148 Å². The van der Waals surface area contributed by atoms with Crippen molar-refractivity contribution < 1.29 is 23.9 Å². The summed E-state index contributed by atoms with van der Waals surface area (Å²) in [5, 5.41) is 15.0. The number of fused-ring (bicyclic) bond motifs is 1. The summed E-state index contributed by atoms with van der Waals surface area (Å²) in [4.78, 5) is 40.2. The van der Waals surface area contributed by atoms with Crippen molar-refractivity contribution in [2.45, 2.75) is 6.54 Å². The molecule has 0 saturated carbocycles. The Morgan fingerprint density at radius 1 is 1.03 bits per heavy atom. The summed E-state index contributed by atoms with van der Waals surface area (Å²) >= 11 is 6.45. The lowest BCUT2D eigenvalue weighted by Gasteiger charge is -2.06. The highest BCUT2D eigenvalue weighted by Gasteiger charge is 2.16. The van der Waals surface area contributed by atoms with Gasteiger partial charge in [-0.25, -0.2) is 4.98 Å². The highest BCUT2D eigenvalue weighted by atomic mass is 35.5. The van der Waals surface area contributed by atoms with Gasteiger partial charge < -0.3 is 25.9 Å². The third-order valence-corrected chi connectivity index (χ3v) is 5.66. The number of amides is 2. The number of ketones is 1. The van der Waals surface area contributed by atoms with Crippen LogP contribution in [0, 0.1) is 0 Å². The van der Waals surface area contributed by atoms with Crippen molar-refractivity contribution >= 4 is 52.1 Å². The minimum atomic E-state index is -0.776. The van der Waals surface area contributed by atoms with Gasteiger partial charge in [-0.3, -0.25) is 14.4 Å². The van der Waals surface area contributed by atoms with Crippen LogP contribution in [0.25, 0.3) is 28.2 Å². The van der Waals surface area contributed by atoms with Gasteiger partial charge in [0.2, 0.25) is 11.7 Å². The molecule has 0 radical (unpaired) electrons. The number of carbonyl (C=O) groups is 3. The largest absolute Gasteiger partial charge is 0.458 e. The van der Waals surface area contributed by atoms with Crippen molar-refractivity contribution in [2.24, 2.45) is 0 Å². The highest BCUT2D eigenvalue weighted by molar-refractivity contribution is 6.42. The van der Waals surface area contributed by atoms with Gasteiger partial charge in [-0.1, -0.05) is 35.9 Å². The van der Waals surface area contributed by atoms with Gasteiger partial charge in [0.1, 0.15) is 11.6 Å². The Balaban J connectivity index is 1.44. The average molecular weight is 519 g/mol. The number of nitrogens with zero attached hydrogens (tertiary/aromatic N) is 1. The molecule has 0 aliphatic rings. The molecule has 2 aromatic heterocycles. The number of hydrogen-bond donors (Lipinski definition) is 4. The van der Waals surface area contributed by atoms with Gasteiger partial charge in [-0.2, -0.15) is 0 Å². The number of aliphatic hydroxyl groups excluding tert-OH is 1. The number of nitrogens with two attached hydrogens (primary N) is 1. The first-order valence-corrected chi connectivity index (χ1v) is 11.6. The third-order valence-electron chi connectivity index (χ3n) is 5.38. The molecule has 0 bridgehead atoms. The predicted molar refractivity (Wildman–Crippen MR) is 141 cm³/mol. The summed E-state index contributed by atoms with van der Waals surface area (Å²) in [5.74, 6) is -0.833. The van der Waals surface area contributed by atoms with Crippen LogP contribution >= 0.6 is 11.6 Å². The van der Waals surface area contributed by atoms with Gasteiger partial charge in [0.15, 0.2) is 5.58 Å². The lowest BCUT2D eigenvalue weighted by molar-refractivity contribution is -0.117. The molecule has 0 fully saturated rings. The molecular formula is C27H23ClN4O5. The second-order valence-electron chi connectivity index (χ2n) is 8.04. The van der Waals surface area contributed by atoms with Crippen LogP contribution < -0.4 is 16.4 Å². The number of nitrogen functional groups attached to an aromatic ring is 1. The summed E-state index contributed by atoms with van der Waals surface area (Å²) < 4.78 is 5.82. The van der Waals surface area contributed by atoms with Crippen LogP contribution in [0.1, 0.15) is 21.7 Å². The second kappa shape index (κ2) is 11.5. The first-order valence-electron chi connectivity index (χ1n) is 11.3. The van der Waals surface area contributed by atoms with Crippen molar-refractivity contribution in [1.82, 2.24) is 15.6 Å². The Morgan fingerprint density at radius 2 is 1.81 bits per heavy atom. The summed E-state index contributed by atoms with van der Waals surface area (Å²) in [6.45, 7) is -0.0724. The van der Waals surface area contributed by atoms with E-state index in [0.29, 0.717) is 22.2 Å². The lowest BCUT2D eigenvalue weighted by Crippen LogP contribution is -2.33. The van der Waals surface area contributed by atoms with E-state index in [9.17, 15) is 14.4 Å². The van der Waals surface area contributed by atoms with Crippen molar-refractivity contribution in [3.63, 3.8) is 0 Å². The van der Waals surface area contributed by atoms with Crippen LogP contribution in [0.5, 0.6) is 0 Å². The molecule has 2 amide bonds. The molecule has 2 heterocycles. The number of rotatable bonds is 9. The van der Waals surface area contributed by atoms with E-state index in [2.05, 4.69) is 15.6 Å². The number of halogens is 1. The fourth-order valence-corrected chi connectivity index (χ4v) is 3.80. The molecule has 4 aromatic rings. The molecule has 0 aliphatic carbocycles. The number of furan rings is 1. The highest BCUT2D eigenvalue weighted by Crippen LogP contribution is 2.33. The first-order chi connectivity index (χ1) is 17.8. The van der Waals surface area contributed by atoms with Gasteiger partial charge in [0.05, 0.1) is 18.2 Å². The van der Waals surface area contributed by atoms with Crippen molar-refractivity contribution in [3.8, 4) is 11.1 Å². The lowest BCUT2D eigenvalue weighted by atomic mass is 10.0. The monoisotopic (exact) mass is 518 g/mol. The first kappa shape index (κ1) is 25.6. The van der Waals surface area contributed by atoms with E-state index >= 15 is 0 Å². The van der Waals surface area contributed by atoms with Gasteiger partial charge >= 0.3 is 0 Å². The fourth-order valence-electron chi connectivity index (χ4n) is 3.53. The Hall–Kier alpha value is -4.47. The third kappa shape index (κ3) is 6.40. The number of hydrogen-bond acceptors (Lipinski definition) is 7. The van der Waals surface area contributed by atoms with E-state index in [1.54, 1.807) is 60.8 Å². The quantitative estimate of drug-likeness (QED) is 0.151. The molecule has 188 valence electrons. The zero-order valence-electron chi connectivity index (χ0n) is 19.5. The second-order valence-corrected chi connectivity index (χ2v) is 8.45. The Morgan fingerprint density at radius 3 is 2.51 bits per heavy atom. The summed E-state index contributed by atoms with van der Waals surface area (Å²) in [7, 11) is 0. The van der Waals surface area contributed by atoms with Crippen LogP contribution in [0.4, 0.5) is 5.82 Å². The number of carbonyl (C=O) groups excluding carboxylic acids is 3. The van der Waals surface area contributed by atoms with Gasteiger partial charge in [0, 0.05) is 29.8 Å². The summed E-state index contributed by atoms with van der Waals surface area (Å²) in [5.41, 5.74) is 8.60. The Bertz CT molecular complexity index is 1480. The molecule has 5 N–H and O–H groups in total. The van der Waals surface area contributed by atoms with Crippen LogP contribution in [0.15, 0.2) is 71.3 Å². The summed E-state index contributed by atoms with van der Waals surface area (Å²) in [6, 6.07) is 15.4. The van der Waals surface area contributed by atoms with E-state index in [4.69, 9.17) is 26.9 Å². The van der Waals surface area contributed by atoms with E-state index < -0.39 is 11.7 Å². The van der Waals surface area contributed by atoms with E-state index in [1.165, 1.54) is 6.08 Å². The van der Waals surface area contributed by atoms with Crippen molar-refractivity contribution in [3.05, 3.63) is 88.8 Å². The van der Waals surface area contributed by atoms with Crippen LogP contribution in [-0.2, 0) is 16.1 Å². The SMILES string of the molecule is Nc1ccc(/C=C/C(=O)NCc2cc3cc(-c4ccc(C(=O)C(=O)NCCO)cc4)cc(Cl)c3o2)cn1. The minimum absolute atomic E-state index is 0.00950. The number of pyridine rings is 1. The van der Waals surface area contributed by atoms with Gasteiger partial charge in [-0.15, -0.1) is 0 Å². The van der Waals surface area contributed by atoms with E-state index in [1.807, 2.05) is 6.07 Å². The van der Waals surface area contributed by atoms with Crippen LogP contribution in [-0.4, -0.2) is 40.8 Å². The predicted octanol–water partition coefficient (Wildman–Crippen LogP) is 3.35. The number of nitrogens with one attached hydrogen (secondary N) is 2. The molecule has 4 rings (SSSR count). The van der Waals surface area contributed by atoms with E-state index in [-0.39, 0.29) is 31.2 Å². The molecular weight excluding hydrogens is 496 g/mol. The number of anilines is 1. The molecule has 0 atom stereocenters. The van der Waals surface area contributed by atoms with Crippen molar-refractivity contribution in [1.29, 1.82) is 0 Å². The molecule has 9 nitrogen and oxygen atoms in total. The molecule has 0 spiro atoms. The molecule has 0 aliphatic heterocycles. The molecule has 2 aromatic carbocycles. The molecule has 37 heavy (non-hydrogen) atoms. The maximum Gasteiger partial charge on any atom is 0.292 e. The zero-order chi connectivity index (χ0) is 26.4. The van der Waals surface area contributed by atoms with Crippen LogP contribution in [0.3, 0.4) is 0 Å². The number of aromatic nitrogens is 1. The minimum Gasteiger partial charge on any atom is -0.458 e. The smallest absolute Gasteiger partial charge is 0.292 e. The van der Waals surface area contributed by atoms with Gasteiger partial charge in [0.25, 0.3) is 5.91 Å². The van der Waals surface area contributed by atoms with Gasteiger partial charge in [-0.05, 0) is 53.1 Å². The van der Waals surface area contributed by atoms with Crippen LogP contribution in [0.2, 0.25) is 5.02 Å². The Labute approximate surface area is 216 Å². The van der Waals surface area contributed by atoms with E-state index in [0.717, 1.165) is 22.1 Å². The molecule has 10 heteroatoms. The number of aliphatic hydroxyl groups is 1. The Kier molecular flexibility index (Phi) is 7.97. The molecule has 0 saturated heterocycles.